The second-order valence-corrected chi connectivity index (χ2v) is 6.12. The molecule has 2 aromatic rings. The summed E-state index contributed by atoms with van der Waals surface area (Å²) in [5.41, 5.74) is 1.99. The molecule has 146 valence electrons. The van der Waals surface area contributed by atoms with Crippen LogP contribution in [0.5, 0.6) is 5.75 Å². The third-order valence-corrected chi connectivity index (χ3v) is 3.86. The van der Waals surface area contributed by atoms with Crippen LogP contribution in [-0.4, -0.2) is 48.5 Å². The summed E-state index contributed by atoms with van der Waals surface area (Å²) in [6.07, 6.45) is 2.97. The first kappa shape index (κ1) is 20.7. The van der Waals surface area contributed by atoms with Crippen LogP contribution in [0.1, 0.15) is 11.1 Å². The molecular weight excluding hydrogens is 360 g/mol. The van der Waals surface area contributed by atoms with E-state index in [1.807, 2.05) is 18.2 Å². The number of ether oxygens (including phenoxy) is 1. The van der Waals surface area contributed by atoms with Crippen LogP contribution in [0.3, 0.4) is 0 Å². The summed E-state index contributed by atoms with van der Waals surface area (Å²) >= 11 is 0. The summed E-state index contributed by atoms with van der Waals surface area (Å²) < 4.78 is 5.13. The Hall–Kier alpha value is -3.61. The third-order valence-electron chi connectivity index (χ3n) is 3.86. The zero-order chi connectivity index (χ0) is 20.5. The summed E-state index contributed by atoms with van der Waals surface area (Å²) in [6, 6.07) is 13.8. The van der Waals surface area contributed by atoms with E-state index in [2.05, 4.69) is 5.32 Å². The number of likely N-dealkylation sites (N-methyl/N-ethyl adjacent to an activating group) is 1. The van der Waals surface area contributed by atoms with Crippen molar-refractivity contribution in [2.24, 2.45) is 0 Å². The second kappa shape index (κ2) is 9.91. The number of carboxylic acid groups (broad SMARTS) is 1. The maximum absolute atomic E-state index is 12.2. The highest BCUT2D eigenvalue weighted by Gasteiger charge is 2.11. The van der Waals surface area contributed by atoms with E-state index < -0.39 is 5.97 Å². The zero-order valence-electron chi connectivity index (χ0n) is 15.7. The second-order valence-electron chi connectivity index (χ2n) is 6.12. The number of anilines is 1. The van der Waals surface area contributed by atoms with E-state index in [-0.39, 0.29) is 24.8 Å². The normalized spacial score (nSPS) is 10.5. The molecule has 0 atom stereocenters. The Morgan fingerprint density at radius 1 is 1.14 bits per heavy atom. The van der Waals surface area contributed by atoms with Gasteiger partial charge in [-0.2, -0.15) is 0 Å². The Labute approximate surface area is 163 Å². The number of aliphatic carboxylic acids is 1. The molecule has 0 saturated carbocycles. The topological polar surface area (TPSA) is 95.9 Å². The standard InChI is InChI=1S/C21H22N2O5/c1-23(20(25)11-8-15-4-3-5-18(12-15)28-2)14-19(24)22-17-9-6-16(7-10-17)13-21(26)27/h3-12H,13-14H2,1-2H3,(H,22,24)(H,26,27)/b11-8+. The van der Waals surface area contributed by atoms with Gasteiger partial charge in [0.25, 0.3) is 0 Å². The van der Waals surface area contributed by atoms with Gasteiger partial charge in [0, 0.05) is 18.8 Å². The summed E-state index contributed by atoms with van der Waals surface area (Å²) in [5.74, 6) is -0.887. The fraction of sp³-hybridized carbons (Fsp3) is 0.190. The first-order chi connectivity index (χ1) is 13.4. The highest BCUT2D eigenvalue weighted by molar-refractivity contribution is 5.97. The van der Waals surface area contributed by atoms with Crippen molar-refractivity contribution in [2.45, 2.75) is 6.42 Å². The number of methoxy groups -OCH3 is 1. The molecule has 2 rings (SSSR count). The Morgan fingerprint density at radius 3 is 2.50 bits per heavy atom. The molecule has 2 N–H and O–H groups in total. The van der Waals surface area contributed by atoms with Crippen molar-refractivity contribution >= 4 is 29.5 Å². The van der Waals surface area contributed by atoms with Gasteiger partial charge in [-0.05, 0) is 41.5 Å². The van der Waals surface area contributed by atoms with Crippen LogP contribution < -0.4 is 10.1 Å². The number of benzene rings is 2. The third kappa shape index (κ3) is 6.60. The predicted octanol–water partition coefficient (Wildman–Crippen LogP) is 2.43. The number of carbonyl (C=O) groups excluding carboxylic acids is 2. The molecule has 0 bridgehead atoms. The van der Waals surface area contributed by atoms with E-state index in [9.17, 15) is 14.4 Å². The highest BCUT2D eigenvalue weighted by Crippen LogP contribution is 2.14. The maximum atomic E-state index is 12.2. The molecule has 0 aliphatic carbocycles. The van der Waals surface area contributed by atoms with Gasteiger partial charge in [0.1, 0.15) is 5.75 Å². The maximum Gasteiger partial charge on any atom is 0.307 e. The molecule has 0 heterocycles. The van der Waals surface area contributed by atoms with Crippen LogP contribution in [0.4, 0.5) is 5.69 Å². The lowest BCUT2D eigenvalue weighted by molar-refractivity contribution is -0.136. The lowest BCUT2D eigenvalue weighted by Gasteiger charge is -2.15. The van der Waals surface area contributed by atoms with Crippen LogP contribution in [-0.2, 0) is 20.8 Å². The minimum Gasteiger partial charge on any atom is -0.497 e. The van der Waals surface area contributed by atoms with E-state index in [0.717, 1.165) is 5.56 Å². The van der Waals surface area contributed by atoms with Gasteiger partial charge in [-0.25, -0.2) is 0 Å². The van der Waals surface area contributed by atoms with Crippen molar-refractivity contribution < 1.29 is 24.2 Å². The van der Waals surface area contributed by atoms with Gasteiger partial charge in [-0.3, -0.25) is 14.4 Å². The van der Waals surface area contributed by atoms with Crippen LogP contribution in [0.2, 0.25) is 0 Å². The van der Waals surface area contributed by atoms with Crippen LogP contribution >= 0.6 is 0 Å². The van der Waals surface area contributed by atoms with Gasteiger partial charge in [0.2, 0.25) is 11.8 Å². The number of hydrogen-bond acceptors (Lipinski definition) is 4. The molecule has 0 unspecified atom stereocenters. The van der Waals surface area contributed by atoms with Gasteiger partial charge in [-0.1, -0.05) is 24.3 Å². The molecule has 0 aliphatic rings. The van der Waals surface area contributed by atoms with Crippen molar-refractivity contribution in [1.82, 2.24) is 4.90 Å². The smallest absolute Gasteiger partial charge is 0.307 e. The lowest BCUT2D eigenvalue weighted by Crippen LogP contribution is -2.33. The Morgan fingerprint density at radius 2 is 1.86 bits per heavy atom. The first-order valence-electron chi connectivity index (χ1n) is 8.55. The number of nitrogens with one attached hydrogen (secondary N) is 1. The van der Waals surface area contributed by atoms with Crippen LogP contribution in [0.15, 0.2) is 54.6 Å². The average molecular weight is 382 g/mol. The molecule has 28 heavy (non-hydrogen) atoms. The molecule has 7 nitrogen and oxygen atoms in total. The largest absolute Gasteiger partial charge is 0.497 e. The molecule has 2 aromatic carbocycles. The SMILES string of the molecule is COc1cccc(/C=C/C(=O)N(C)CC(=O)Nc2ccc(CC(=O)O)cc2)c1. The molecule has 0 fully saturated rings. The van der Waals surface area contributed by atoms with Crippen LogP contribution in [0.25, 0.3) is 6.08 Å². The number of hydrogen-bond donors (Lipinski definition) is 2. The van der Waals surface area contributed by atoms with Gasteiger partial charge < -0.3 is 20.1 Å². The minimum absolute atomic E-state index is 0.0783. The summed E-state index contributed by atoms with van der Waals surface area (Å²) in [5, 5.41) is 11.4. The van der Waals surface area contributed by atoms with Crippen molar-refractivity contribution in [2.75, 3.05) is 26.0 Å². The Balaban J connectivity index is 1.87. The lowest BCUT2D eigenvalue weighted by atomic mass is 10.1. The van der Waals surface area contributed by atoms with Gasteiger partial charge in [-0.15, -0.1) is 0 Å². The van der Waals surface area contributed by atoms with Crippen molar-refractivity contribution in [3.63, 3.8) is 0 Å². The summed E-state index contributed by atoms with van der Waals surface area (Å²) in [4.78, 5) is 36.3. The van der Waals surface area contributed by atoms with Gasteiger partial charge >= 0.3 is 5.97 Å². The molecule has 0 saturated heterocycles. The van der Waals surface area contributed by atoms with E-state index in [1.54, 1.807) is 43.5 Å². The van der Waals surface area contributed by atoms with E-state index in [0.29, 0.717) is 17.0 Å². The number of rotatable bonds is 8. The molecule has 0 aromatic heterocycles. The molecule has 0 aliphatic heterocycles. The van der Waals surface area contributed by atoms with Crippen molar-refractivity contribution in [1.29, 1.82) is 0 Å². The van der Waals surface area contributed by atoms with Gasteiger partial charge in [0.15, 0.2) is 0 Å². The van der Waals surface area contributed by atoms with Crippen LogP contribution in [0, 0.1) is 0 Å². The molecule has 2 amide bonds. The first-order valence-corrected chi connectivity index (χ1v) is 8.55. The number of nitrogens with zero attached hydrogens (tertiary/aromatic N) is 1. The van der Waals surface area contributed by atoms with E-state index >= 15 is 0 Å². The number of carbonyl (C=O) groups is 3. The summed E-state index contributed by atoms with van der Waals surface area (Å²) in [6.45, 7) is -0.113. The summed E-state index contributed by atoms with van der Waals surface area (Å²) in [7, 11) is 3.11. The number of carboxylic acids is 1. The van der Waals surface area contributed by atoms with E-state index in [1.165, 1.54) is 18.0 Å². The minimum atomic E-state index is -0.918. The quantitative estimate of drug-likeness (QED) is 0.684. The molecule has 0 spiro atoms. The van der Waals surface area contributed by atoms with Crippen molar-refractivity contribution in [3.05, 3.63) is 65.7 Å². The average Bonchev–Trinajstić information content (AvgIpc) is 2.67. The molecule has 7 heteroatoms. The monoisotopic (exact) mass is 382 g/mol. The molecular formula is C21H22N2O5. The fourth-order valence-corrected chi connectivity index (χ4v) is 2.41. The molecule has 0 radical (unpaired) electrons. The highest BCUT2D eigenvalue weighted by atomic mass is 16.5. The number of amides is 2. The van der Waals surface area contributed by atoms with Crippen molar-refractivity contribution in [3.8, 4) is 5.75 Å². The Bertz CT molecular complexity index is 875. The zero-order valence-corrected chi connectivity index (χ0v) is 15.7. The Kier molecular flexibility index (Phi) is 7.33. The fourth-order valence-electron chi connectivity index (χ4n) is 2.41. The van der Waals surface area contributed by atoms with Gasteiger partial charge in [0.05, 0.1) is 20.1 Å². The predicted molar refractivity (Wildman–Crippen MR) is 106 cm³/mol. The van der Waals surface area contributed by atoms with E-state index in [4.69, 9.17) is 9.84 Å².